The molecule has 1 aliphatic rings. The van der Waals surface area contributed by atoms with Crippen LogP contribution in [0.25, 0.3) is 0 Å². The first-order chi connectivity index (χ1) is 9.03. The molecular formula is C13H11F3N2O. The highest BCUT2D eigenvalue weighted by atomic mass is 19.4. The topological polar surface area (TPSA) is 24.8 Å². The van der Waals surface area contributed by atoms with E-state index in [0.29, 0.717) is 6.54 Å². The lowest BCUT2D eigenvalue weighted by Crippen LogP contribution is -2.17. The third-order valence-electron chi connectivity index (χ3n) is 2.32. The quantitative estimate of drug-likeness (QED) is 0.838. The summed E-state index contributed by atoms with van der Waals surface area (Å²) in [5.74, 6) is -0.221. The minimum atomic E-state index is -4.66. The molecule has 2 rings (SSSR count). The van der Waals surface area contributed by atoms with Crippen molar-refractivity contribution in [2.24, 2.45) is 4.99 Å². The first-order valence-corrected chi connectivity index (χ1v) is 5.50. The van der Waals surface area contributed by atoms with Crippen LogP contribution in [0, 0.1) is 0 Å². The van der Waals surface area contributed by atoms with Gasteiger partial charge >= 0.3 is 6.36 Å². The fourth-order valence-corrected chi connectivity index (χ4v) is 1.53. The third-order valence-corrected chi connectivity index (χ3v) is 2.32. The van der Waals surface area contributed by atoms with Gasteiger partial charge in [0.25, 0.3) is 0 Å². The maximum Gasteiger partial charge on any atom is 0.573 e. The number of alkyl halides is 3. The molecule has 1 heterocycles. The number of halogens is 3. The van der Waals surface area contributed by atoms with Crippen LogP contribution in [0.5, 0.6) is 5.75 Å². The summed E-state index contributed by atoms with van der Waals surface area (Å²) in [4.78, 5) is 5.81. The molecule has 0 saturated carbocycles. The van der Waals surface area contributed by atoms with Gasteiger partial charge in [0.15, 0.2) is 0 Å². The molecule has 1 aromatic rings. The smallest absolute Gasteiger partial charge is 0.406 e. The SMILES string of the molecule is FC(F)(F)Oc1ccc(CN2C=CC=NC=C2)cc1. The van der Waals surface area contributed by atoms with E-state index in [2.05, 4.69) is 9.73 Å². The van der Waals surface area contributed by atoms with Crippen molar-refractivity contribution in [3.8, 4) is 5.75 Å². The van der Waals surface area contributed by atoms with Gasteiger partial charge in [-0.3, -0.25) is 4.99 Å². The Morgan fingerprint density at radius 3 is 2.53 bits per heavy atom. The summed E-state index contributed by atoms with van der Waals surface area (Å²) in [6.07, 6.45) is 4.02. The molecule has 0 unspecified atom stereocenters. The van der Waals surface area contributed by atoms with E-state index in [-0.39, 0.29) is 5.75 Å². The van der Waals surface area contributed by atoms with Crippen LogP contribution in [0.4, 0.5) is 13.2 Å². The Bertz CT molecular complexity index is 488. The third kappa shape index (κ3) is 4.50. The molecule has 6 heteroatoms. The van der Waals surface area contributed by atoms with Gasteiger partial charge in [0.1, 0.15) is 5.75 Å². The van der Waals surface area contributed by atoms with Crippen molar-refractivity contribution >= 4 is 6.21 Å². The molecule has 0 amide bonds. The molecule has 0 aliphatic carbocycles. The maximum absolute atomic E-state index is 12.0. The highest BCUT2D eigenvalue weighted by Crippen LogP contribution is 2.23. The van der Waals surface area contributed by atoms with E-state index >= 15 is 0 Å². The summed E-state index contributed by atoms with van der Waals surface area (Å²) in [5.41, 5.74) is 0.866. The van der Waals surface area contributed by atoms with E-state index in [1.807, 2.05) is 11.1 Å². The van der Waals surface area contributed by atoms with Crippen molar-refractivity contribution < 1.29 is 17.9 Å². The van der Waals surface area contributed by atoms with E-state index in [1.165, 1.54) is 12.1 Å². The molecule has 0 aromatic heterocycles. The van der Waals surface area contributed by atoms with Crippen molar-refractivity contribution in [2.45, 2.75) is 12.9 Å². The lowest BCUT2D eigenvalue weighted by Gasteiger charge is -2.15. The zero-order valence-electron chi connectivity index (χ0n) is 9.84. The van der Waals surface area contributed by atoms with Gasteiger partial charge in [-0.2, -0.15) is 0 Å². The van der Waals surface area contributed by atoms with Gasteiger partial charge in [-0.15, -0.1) is 13.2 Å². The number of rotatable bonds is 3. The van der Waals surface area contributed by atoms with E-state index in [4.69, 9.17) is 0 Å². The number of ether oxygens (including phenoxy) is 1. The Kier molecular flexibility index (Phi) is 3.89. The summed E-state index contributed by atoms with van der Waals surface area (Å²) in [6.45, 7) is 0.544. The van der Waals surface area contributed by atoms with Crippen molar-refractivity contribution in [2.75, 3.05) is 0 Å². The van der Waals surface area contributed by atoms with Gasteiger partial charge < -0.3 is 9.64 Å². The molecule has 0 spiro atoms. The minimum Gasteiger partial charge on any atom is -0.406 e. The fourth-order valence-electron chi connectivity index (χ4n) is 1.53. The summed E-state index contributed by atoms with van der Waals surface area (Å²) < 4.78 is 39.8. The highest BCUT2D eigenvalue weighted by Gasteiger charge is 2.30. The summed E-state index contributed by atoms with van der Waals surface area (Å²) in [6, 6.07) is 5.78. The number of allylic oxidation sites excluding steroid dienone is 1. The molecule has 0 radical (unpaired) electrons. The van der Waals surface area contributed by atoms with Gasteiger partial charge in [0.2, 0.25) is 0 Å². The highest BCUT2D eigenvalue weighted by molar-refractivity contribution is 5.71. The number of hydrogen-bond acceptors (Lipinski definition) is 3. The second-order valence-electron chi connectivity index (χ2n) is 3.80. The van der Waals surface area contributed by atoms with Crippen LogP contribution >= 0.6 is 0 Å². The van der Waals surface area contributed by atoms with Gasteiger partial charge in [0, 0.05) is 31.4 Å². The number of benzene rings is 1. The average Bonchev–Trinajstić information content (AvgIpc) is 2.58. The van der Waals surface area contributed by atoms with Crippen molar-refractivity contribution in [3.63, 3.8) is 0 Å². The average molecular weight is 268 g/mol. The molecule has 0 fully saturated rings. The van der Waals surface area contributed by atoms with Crippen molar-refractivity contribution in [1.82, 2.24) is 4.90 Å². The van der Waals surface area contributed by atoms with Gasteiger partial charge in [0.05, 0.1) is 0 Å². The minimum absolute atomic E-state index is 0.221. The lowest BCUT2D eigenvalue weighted by atomic mass is 10.2. The Morgan fingerprint density at radius 2 is 1.84 bits per heavy atom. The Labute approximate surface area is 108 Å². The molecule has 0 saturated heterocycles. The molecule has 0 bridgehead atoms. The zero-order chi connectivity index (χ0) is 13.7. The second kappa shape index (κ2) is 5.60. The standard InChI is InChI=1S/C13H11F3N2O/c14-13(15,16)19-12-4-2-11(3-5-12)10-18-8-1-6-17-7-9-18/h1-9H,10H2. The molecule has 0 atom stereocenters. The largest absolute Gasteiger partial charge is 0.573 e. The van der Waals surface area contributed by atoms with Crippen LogP contribution in [0.1, 0.15) is 5.56 Å². The summed E-state index contributed by atoms with van der Waals surface area (Å²) in [7, 11) is 0. The Hall–Kier alpha value is -2.24. The van der Waals surface area contributed by atoms with Crippen molar-refractivity contribution in [3.05, 3.63) is 54.5 Å². The number of hydrogen-bond donors (Lipinski definition) is 0. The number of aliphatic imine (C=N–C) groups is 1. The zero-order valence-corrected chi connectivity index (χ0v) is 9.84. The van der Waals surface area contributed by atoms with Crippen LogP contribution in [-0.4, -0.2) is 17.5 Å². The lowest BCUT2D eigenvalue weighted by molar-refractivity contribution is -0.274. The first-order valence-electron chi connectivity index (χ1n) is 5.50. The first kappa shape index (κ1) is 13.2. The Balaban J connectivity index is 1.99. The second-order valence-corrected chi connectivity index (χ2v) is 3.80. The van der Waals surface area contributed by atoms with Crippen LogP contribution in [-0.2, 0) is 6.54 Å². The molecule has 19 heavy (non-hydrogen) atoms. The van der Waals surface area contributed by atoms with Gasteiger partial charge in [-0.05, 0) is 23.8 Å². The molecular weight excluding hydrogens is 257 g/mol. The van der Waals surface area contributed by atoms with Crippen LogP contribution < -0.4 is 4.74 Å². The maximum atomic E-state index is 12.0. The summed E-state index contributed by atoms with van der Waals surface area (Å²) in [5, 5.41) is 0. The van der Waals surface area contributed by atoms with Crippen molar-refractivity contribution in [1.29, 1.82) is 0 Å². The molecule has 100 valence electrons. The fraction of sp³-hybridized carbons (Fsp3) is 0.154. The van der Waals surface area contributed by atoms with E-state index in [1.54, 1.807) is 36.8 Å². The predicted octanol–water partition coefficient (Wildman–Crippen LogP) is 3.46. The van der Waals surface area contributed by atoms with Crippen LogP contribution in [0.2, 0.25) is 0 Å². The van der Waals surface area contributed by atoms with Crippen LogP contribution in [0.3, 0.4) is 0 Å². The van der Waals surface area contributed by atoms with Crippen LogP contribution in [0.15, 0.2) is 53.9 Å². The molecule has 1 aliphatic heterocycles. The molecule has 3 nitrogen and oxygen atoms in total. The summed E-state index contributed by atoms with van der Waals surface area (Å²) >= 11 is 0. The van der Waals surface area contributed by atoms with E-state index < -0.39 is 6.36 Å². The molecule has 1 aromatic carbocycles. The normalized spacial score (nSPS) is 14.6. The monoisotopic (exact) mass is 268 g/mol. The van der Waals surface area contributed by atoms with E-state index in [0.717, 1.165) is 5.56 Å². The predicted molar refractivity (Wildman–Crippen MR) is 65.4 cm³/mol. The van der Waals surface area contributed by atoms with Gasteiger partial charge in [-0.25, -0.2) is 0 Å². The molecule has 0 N–H and O–H groups in total. The number of nitrogens with zero attached hydrogens (tertiary/aromatic N) is 2. The van der Waals surface area contributed by atoms with E-state index in [9.17, 15) is 13.2 Å². The Morgan fingerprint density at radius 1 is 1.11 bits per heavy atom. The van der Waals surface area contributed by atoms with Gasteiger partial charge in [-0.1, -0.05) is 12.1 Å².